The third-order valence-electron chi connectivity index (χ3n) is 6.79. The minimum atomic E-state index is -0.0251. The number of piperidine rings is 1. The SMILES string of the molecule is Cc1cc(CC(=O)N2CCCC3(CCc4c(N5CCCC5)nc(C)nc43)C2)on1. The van der Waals surface area contributed by atoms with Crippen LogP contribution in [-0.4, -0.2) is 52.1 Å². The number of carbonyl (C=O) groups is 1. The number of nitrogens with zero attached hydrogens (tertiary/aromatic N) is 5. The number of carbonyl (C=O) groups excluding carboxylic acids is 1. The van der Waals surface area contributed by atoms with E-state index < -0.39 is 0 Å². The minimum Gasteiger partial charge on any atom is -0.361 e. The van der Waals surface area contributed by atoms with E-state index in [-0.39, 0.29) is 17.7 Å². The van der Waals surface area contributed by atoms with E-state index in [2.05, 4.69) is 10.1 Å². The molecule has 4 heterocycles. The van der Waals surface area contributed by atoms with E-state index >= 15 is 0 Å². The molecule has 1 atom stereocenters. The van der Waals surface area contributed by atoms with E-state index in [1.165, 1.54) is 24.1 Å². The van der Waals surface area contributed by atoms with E-state index in [0.29, 0.717) is 5.76 Å². The van der Waals surface area contributed by atoms with Crippen molar-refractivity contribution in [2.75, 3.05) is 31.1 Å². The van der Waals surface area contributed by atoms with Crippen molar-refractivity contribution in [1.82, 2.24) is 20.0 Å². The number of amides is 1. The molecule has 5 rings (SSSR count). The molecule has 3 aliphatic rings. The van der Waals surface area contributed by atoms with Crippen LogP contribution < -0.4 is 4.90 Å². The highest BCUT2D eigenvalue weighted by molar-refractivity contribution is 5.78. The van der Waals surface area contributed by atoms with Crippen LogP contribution in [0.1, 0.15) is 60.6 Å². The van der Waals surface area contributed by atoms with Crippen LogP contribution in [0.25, 0.3) is 0 Å². The average molecular weight is 396 g/mol. The minimum absolute atomic E-state index is 0.0251. The molecule has 7 nitrogen and oxygen atoms in total. The van der Waals surface area contributed by atoms with Gasteiger partial charge in [-0.05, 0) is 52.4 Å². The lowest BCUT2D eigenvalue weighted by molar-refractivity contribution is -0.133. The lowest BCUT2D eigenvalue weighted by Crippen LogP contribution is -2.48. The Morgan fingerprint density at radius 2 is 1.97 bits per heavy atom. The summed E-state index contributed by atoms with van der Waals surface area (Å²) < 4.78 is 5.26. The first kappa shape index (κ1) is 18.6. The summed E-state index contributed by atoms with van der Waals surface area (Å²) in [5.74, 6) is 2.78. The Hall–Kier alpha value is -2.44. The molecule has 0 bridgehead atoms. The molecule has 0 saturated carbocycles. The molecule has 2 aromatic heterocycles. The van der Waals surface area contributed by atoms with Gasteiger partial charge in [0.2, 0.25) is 5.91 Å². The molecule has 29 heavy (non-hydrogen) atoms. The predicted octanol–water partition coefficient (Wildman–Crippen LogP) is 2.73. The molecule has 7 heteroatoms. The summed E-state index contributed by atoms with van der Waals surface area (Å²) in [6, 6.07) is 1.85. The summed E-state index contributed by atoms with van der Waals surface area (Å²) >= 11 is 0. The highest BCUT2D eigenvalue weighted by Crippen LogP contribution is 2.46. The molecule has 0 radical (unpaired) electrons. The molecule has 0 aromatic carbocycles. The zero-order chi connectivity index (χ0) is 20.0. The number of anilines is 1. The Morgan fingerprint density at radius 3 is 2.72 bits per heavy atom. The van der Waals surface area contributed by atoms with Gasteiger partial charge in [-0.25, -0.2) is 9.97 Å². The van der Waals surface area contributed by atoms with Crippen molar-refractivity contribution in [2.45, 2.75) is 64.2 Å². The van der Waals surface area contributed by atoms with Crippen LogP contribution in [0.3, 0.4) is 0 Å². The molecule has 0 N–H and O–H groups in total. The zero-order valence-electron chi connectivity index (χ0n) is 17.4. The first-order chi connectivity index (χ1) is 14.0. The third-order valence-corrected chi connectivity index (χ3v) is 6.79. The molecule has 1 aliphatic carbocycles. The molecular weight excluding hydrogens is 366 g/mol. The molecule has 154 valence electrons. The Bertz CT molecular complexity index is 933. The van der Waals surface area contributed by atoms with Gasteiger partial charge in [0.05, 0.1) is 17.8 Å². The van der Waals surface area contributed by atoms with Crippen LogP contribution in [0.5, 0.6) is 0 Å². The Kier molecular flexibility index (Phi) is 4.56. The highest BCUT2D eigenvalue weighted by Gasteiger charge is 2.46. The first-order valence-corrected chi connectivity index (χ1v) is 10.9. The first-order valence-electron chi connectivity index (χ1n) is 10.9. The van der Waals surface area contributed by atoms with E-state index in [1.54, 1.807) is 0 Å². The number of likely N-dealkylation sites (tertiary alicyclic amines) is 1. The van der Waals surface area contributed by atoms with Crippen molar-refractivity contribution < 1.29 is 9.32 Å². The summed E-state index contributed by atoms with van der Waals surface area (Å²) in [4.78, 5) is 27.2. The van der Waals surface area contributed by atoms with Crippen molar-refractivity contribution >= 4 is 11.7 Å². The Morgan fingerprint density at radius 1 is 1.14 bits per heavy atom. The van der Waals surface area contributed by atoms with E-state index in [1.807, 2.05) is 24.8 Å². The van der Waals surface area contributed by atoms with Gasteiger partial charge in [0.25, 0.3) is 0 Å². The molecule has 2 aliphatic heterocycles. The van der Waals surface area contributed by atoms with Gasteiger partial charge in [-0.2, -0.15) is 0 Å². The number of fused-ring (bicyclic) bond motifs is 2. The van der Waals surface area contributed by atoms with Gasteiger partial charge in [-0.3, -0.25) is 4.79 Å². The molecule has 2 saturated heterocycles. The van der Waals surface area contributed by atoms with Gasteiger partial charge in [-0.15, -0.1) is 0 Å². The second kappa shape index (κ2) is 7.11. The topological polar surface area (TPSA) is 75.4 Å². The largest absolute Gasteiger partial charge is 0.361 e. The van der Waals surface area contributed by atoms with Crippen LogP contribution in [0.4, 0.5) is 5.82 Å². The molecule has 2 aromatic rings. The number of rotatable bonds is 3. The predicted molar refractivity (Wildman–Crippen MR) is 109 cm³/mol. The van der Waals surface area contributed by atoms with Crippen molar-refractivity contribution in [1.29, 1.82) is 0 Å². The van der Waals surface area contributed by atoms with Crippen molar-refractivity contribution in [3.8, 4) is 0 Å². The smallest absolute Gasteiger partial charge is 0.230 e. The van der Waals surface area contributed by atoms with Crippen molar-refractivity contribution in [3.05, 3.63) is 34.6 Å². The highest BCUT2D eigenvalue weighted by atomic mass is 16.5. The molecule has 1 amide bonds. The van der Waals surface area contributed by atoms with E-state index in [9.17, 15) is 4.79 Å². The summed E-state index contributed by atoms with van der Waals surface area (Å²) in [6.45, 7) is 7.63. The van der Waals surface area contributed by atoms with E-state index in [0.717, 1.165) is 69.2 Å². The molecule has 1 spiro atoms. The number of hydrogen-bond acceptors (Lipinski definition) is 6. The Balaban J connectivity index is 1.41. The maximum Gasteiger partial charge on any atom is 0.230 e. The Labute approximate surface area is 171 Å². The quantitative estimate of drug-likeness (QED) is 0.795. The standard InChI is InChI=1S/C22H29N5O2/c1-15-12-17(29-25-15)13-19(28)27-11-5-7-22(14-27)8-6-18-20(22)23-16(2)24-21(18)26-9-3-4-10-26/h12H,3-11,13-14H2,1-2H3. The van der Waals surface area contributed by atoms with Gasteiger partial charge in [0.1, 0.15) is 17.4 Å². The van der Waals surface area contributed by atoms with E-state index in [4.69, 9.17) is 14.5 Å². The van der Waals surface area contributed by atoms with Gasteiger partial charge >= 0.3 is 0 Å². The third kappa shape index (κ3) is 3.30. The average Bonchev–Trinajstić information content (AvgIpc) is 3.44. The fourth-order valence-electron chi connectivity index (χ4n) is 5.43. The number of aromatic nitrogens is 3. The number of aryl methyl sites for hydroxylation is 2. The van der Waals surface area contributed by atoms with Crippen LogP contribution in [-0.2, 0) is 23.1 Å². The lowest BCUT2D eigenvalue weighted by Gasteiger charge is -2.40. The van der Waals surface area contributed by atoms with Crippen molar-refractivity contribution in [3.63, 3.8) is 0 Å². The van der Waals surface area contributed by atoms with Gasteiger partial charge in [0.15, 0.2) is 0 Å². The number of hydrogen-bond donors (Lipinski definition) is 0. The second-order valence-corrected chi connectivity index (χ2v) is 8.93. The molecular formula is C22H29N5O2. The fourth-order valence-corrected chi connectivity index (χ4v) is 5.43. The van der Waals surface area contributed by atoms with Crippen LogP contribution in [0.15, 0.2) is 10.6 Å². The van der Waals surface area contributed by atoms with Crippen LogP contribution >= 0.6 is 0 Å². The summed E-state index contributed by atoms with van der Waals surface area (Å²) in [6.07, 6.45) is 6.96. The monoisotopic (exact) mass is 395 g/mol. The lowest BCUT2D eigenvalue weighted by atomic mass is 9.77. The van der Waals surface area contributed by atoms with Gasteiger partial charge < -0.3 is 14.3 Å². The van der Waals surface area contributed by atoms with Crippen LogP contribution in [0.2, 0.25) is 0 Å². The molecule has 1 unspecified atom stereocenters. The summed E-state index contributed by atoms with van der Waals surface area (Å²) in [5, 5.41) is 3.91. The summed E-state index contributed by atoms with van der Waals surface area (Å²) in [7, 11) is 0. The van der Waals surface area contributed by atoms with Crippen LogP contribution in [0, 0.1) is 13.8 Å². The normalized spacial score (nSPS) is 23.8. The van der Waals surface area contributed by atoms with Crippen molar-refractivity contribution in [2.24, 2.45) is 0 Å². The second-order valence-electron chi connectivity index (χ2n) is 8.93. The fraction of sp³-hybridized carbons (Fsp3) is 0.636. The molecule has 2 fully saturated rings. The zero-order valence-corrected chi connectivity index (χ0v) is 17.4. The maximum absolute atomic E-state index is 13.0. The maximum atomic E-state index is 13.0. The van der Waals surface area contributed by atoms with Gasteiger partial charge in [0, 0.05) is 43.2 Å². The summed E-state index contributed by atoms with van der Waals surface area (Å²) in [5.41, 5.74) is 3.33. The van der Waals surface area contributed by atoms with Gasteiger partial charge in [-0.1, -0.05) is 5.16 Å².